The molecule has 2 aromatic carbocycles. The maximum absolute atomic E-state index is 14.5. The molecule has 176 valence electrons. The van der Waals surface area contributed by atoms with E-state index in [0.29, 0.717) is 18.1 Å². The van der Waals surface area contributed by atoms with Crippen molar-refractivity contribution in [2.45, 2.75) is 83.2 Å². The van der Waals surface area contributed by atoms with Gasteiger partial charge < -0.3 is 4.74 Å². The molecule has 0 aromatic heterocycles. The molecule has 3 rings (SSSR count). The second kappa shape index (κ2) is 11.2. The van der Waals surface area contributed by atoms with E-state index in [1.807, 2.05) is 0 Å². The molecule has 0 heterocycles. The molecule has 0 atom stereocenters. The monoisotopic (exact) mass is 454 g/mol. The highest BCUT2D eigenvalue weighted by Crippen LogP contribution is 2.39. The summed E-state index contributed by atoms with van der Waals surface area (Å²) >= 11 is 0. The lowest BCUT2D eigenvalue weighted by molar-refractivity contribution is -0.185. The third-order valence-electron chi connectivity index (χ3n) is 6.48. The summed E-state index contributed by atoms with van der Waals surface area (Å²) in [6, 6.07) is 6.73. The molecular formula is C26H31F5O. The standard InChI is InChI=1S/C26H31F5O/c1-2-3-4-5-6-7-18-8-10-19(11-9-18)20-12-14-21(15-13-20)26(30,31)32-22-16-23(27)25(29)24(28)17-22/h12-19H,2-11H2,1H3. The van der Waals surface area contributed by atoms with Gasteiger partial charge in [-0.3, -0.25) is 0 Å². The summed E-state index contributed by atoms with van der Waals surface area (Å²) < 4.78 is 73.0. The average molecular weight is 455 g/mol. The Morgan fingerprint density at radius 1 is 0.844 bits per heavy atom. The Hall–Kier alpha value is -2.11. The molecule has 1 aliphatic rings. The van der Waals surface area contributed by atoms with Gasteiger partial charge in [-0.1, -0.05) is 57.6 Å². The van der Waals surface area contributed by atoms with Crippen LogP contribution in [-0.2, 0) is 6.11 Å². The third-order valence-corrected chi connectivity index (χ3v) is 6.48. The zero-order valence-electron chi connectivity index (χ0n) is 18.5. The summed E-state index contributed by atoms with van der Waals surface area (Å²) in [5.41, 5.74) is 0.594. The molecule has 0 spiro atoms. The maximum atomic E-state index is 14.5. The Balaban J connectivity index is 1.53. The van der Waals surface area contributed by atoms with Crippen molar-refractivity contribution in [1.82, 2.24) is 0 Å². The zero-order chi connectivity index (χ0) is 23.1. The molecule has 0 saturated heterocycles. The number of halogens is 5. The Labute approximate surface area is 187 Å². The fourth-order valence-electron chi connectivity index (χ4n) is 4.57. The van der Waals surface area contributed by atoms with Crippen molar-refractivity contribution in [3.05, 3.63) is 65.0 Å². The third kappa shape index (κ3) is 6.46. The van der Waals surface area contributed by atoms with Crippen LogP contribution in [0.3, 0.4) is 0 Å². The topological polar surface area (TPSA) is 9.23 Å². The number of rotatable bonds is 10. The minimum atomic E-state index is -3.80. The second-order valence-electron chi connectivity index (χ2n) is 8.86. The quantitative estimate of drug-likeness (QED) is 0.198. The van der Waals surface area contributed by atoms with E-state index in [2.05, 4.69) is 11.7 Å². The van der Waals surface area contributed by atoms with E-state index < -0.39 is 34.9 Å². The first-order valence-electron chi connectivity index (χ1n) is 11.6. The summed E-state index contributed by atoms with van der Waals surface area (Å²) in [5.74, 6) is -4.54. The predicted molar refractivity (Wildman–Crippen MR) is 115 cm³/mol. The molecule has 0 unspecified atom stereocenters. The van der Waals surface area contributed by atoms with Crippen LogP contribution in [0, 0.1) is 23.4 Å². The first-order chi connectivity index (χ1) is 15.3. The van der Waals surface area contributed by atoms with E-state index in [9.17, 15) is 22.0 Å². The highest BCUT2D eigenvalue weighted by molar-refractivity contribution is 5.30. The molecule has 6 heteroatoms. The average Bonchev–Trinajstić information content (AvgIpc) is 2.77. The van der Waals surface area contributed by atoms with Gasteiger partial charge in [0, 0.05) is 12.1 Å². The highest BCUT2D eigenvalue weighted by atomic mass is 19.3. The van der Waals surface area contributed by atoms with Crippen molar-refractivity contribution in [3.63, 3.8) is 0 Å². The molecule has 2 aromatic rings. The van der Waals surface area contributed by atoms with Crippen molar-refractivity contribution < 1.29 is 26.7 Å². The summed E-state index contributed by atoms with van der Waals surface area (Å²) in [6.07, 6.45) is 8.41. The van der Waals surface area contributed by atoms with Gasteiger partial charge in [-0.2, -0.15) is 8.78 Å². The van der Waals surface area contributed by atoms with Gasteiger partial charge in [0.05, 0.1) is 5.56 Å². The van der Waals surface area contributed by atoms with E-state index in [-0.39, 0.29) is 0 Å². The maximum Gasteiger partial charge on any atom is 0.426 e. The lowest BCUT2D eigenvalue weighted by Crippen LogP contribution is -2.22. The number of unbranched alkanes of at least 4 members (excludes halogenated alkanes) is 4. The van der Waals surface area contributed by atoms with Crippen LogP contribution >= 0.6 is 0 Å². The van der Waals surface area contributed by atoms with Gasteiger partial charge in [0.2, 0.25) is 0 Å². The van der Waals surface area contributed by atoms with E-state index in [1.165, 1.54) is 63.5 Å². The fourth-order valence-corrected chi connectivity index (χ4v) is 4.57. The molecule has 0 aliphatic heterocycles. The van der Waals surface area contributed by atoms with Crippen molar-refractivity contribution in [2.75, 3.05) is 0 Å². The predicted octanol–water partition coefficient (Wildman–Crippen LogP) is 8.87. The first kappa shape index (κ1) is 24.5. The van der Waals surface area contributed by atoms with E-state index in [0.717, 1.165) is 24.3 Å². The molecule has 1 saturated carbocycles. The van der Waals surface area contributed by atoms with Gasteiger partial charge in [0.15, 0.2) is 17.5 Å². The van der Waals surface area contributed by atoms with Gasteiger partial charge in [-0.05, 0) is 55.2 Å². The van der Waals surface area contributed by atoms with E-state index in [1.54, 1.807) is 12.1 Å². The van der Waals surface area contributed by atoms with Gasteiger partial charge in [-0.15, -0.1) is 0 Å². The minimum Gasteiger partial charge on any atom is -0.429 e. The number of ether oxygens (including phenoxy) is 1. The lowest BCUT2D eigenvalue weighted by Gasteiger charge is -2.29. The van der Waals surface area contributed by atoms with Crippen molar-refractivity contribution in [3.8, 4) is 5.75 Å². The Morgan fingerprint density at radius 3 is 2.03 bits per heavy atom. The van der Waals surface area contributed by atoms with Crippen molar-refractivity contribution in [1.29, 1.82) is 0 Å². The van der Waals surface area contributed by atoms with Crippen LogP contribution in [0.5, 0.6) is 5.75 Å². The first-order valence-corrected chi connectivity index (χ1v) is 11.6. The molecule has 0 bridgehead atoms. The van der Waals surface area contributed by atoms with Crippen molar-refractivity contribution in [2.24, 2.45) is 5.92 Å². The van der Waals surface area contributed by atoms with Crippen LogP contribution in [0.25, 0.3) is 0 Å². The Kier molecular flexibility index (Phi) is 8.55. The summed E-state index contributed by atoms with van der Waals surface area (Å²) in [5, 5.41) is 0. The lowest BCUT2D eigenvalue weighted by atomic mass is 9.77. The summed E-state index contributed by atoms with van der Waals surface area (Å²) in [6.45, 7) is 2.22. The zero-order valence-corrected chi connectivity index (χ0v) is 18.5. The molecule has 32 heavy (non-hydrogen) atoms. The van der Waals surface area contributed by atoms with Gasteiger partial charge in [0.25, 0.3) is 0 Å². The van der Waals surface area contributed by atoms with Crippen LogP contribution in [-0.4, -0.2) is 0 Å². The van der Waals surface area contributed by atoms with Gasteiger partial charge in [0.1, 0.15) is 5.75 Å². The Bertz CT molecular complexity index is 834. The second-order valence-corrected chi connectivity index (χ2v) is 8.86. The minimum absolute atomic E-state index is 0.357. The molecule has 0 radical (unpaired) electrons. The molecular weight excluding hydrogens is 423 g/mol. The Morgan fingerprint density at radius 2 is 1.44 bits per heavy atom. The van der Waals surface area contributed by atoms with Crippen LogP contribution in [0.1, 0.15) is 88.2 Å². The van der Waals surface area contributed by atoms with E-state index >= 15 is 0 Å². The molecule has 0 N–H and O–H groups in total. The SMILES string of the molecule is CCCCCCCC1CCC(c2ccc(C(F)(F)Oc3cc(F)c(F)c(F)c3)cc2)CC1. The highest BCUT2D eigenvalue weighted by Gasteiger charge is 2.35. The normalized spacial score (nSPS) is 19.2. The van der Waals surface area contributed by atoms with Gasteiger partial charge in [-0.25, -0.2) is 13.2 Å². The van der Waals surface area contributed by atoms with Crippen LogP contribution in [0.2, 0.25) is 0 Å². The molecule has 0 amide bonds. The van der Waals surface area contributed by atoms with Crippen molar-refractivity contribution >= 4 is 0 Å². The molecule has 1 nitrogen and oxygen atoms in total. The van der Waals surface area contributed by atoms with Crippen LogP contribution in [0.4, 0.5) is 22.0 Å². The summed E-state index contributed by atoms with van der Waals surface area (Å²) in [4.78, 5) is 0. The molecule has 1 fully saturated rings. The van der Waals surface area contributed by atoms with Crippen LogP contribution in [0.15, 0.2) is 36.4 Å². The molecule has 1 aliphatic carbocycles. The summed E-state index contributed by atoms with van der Waals surface area (Å²) in [7, 11) is 0. The number of hydrogen-bond acceptors (Lipinski definition) is 1. The largest absolute Gasteiger partial charge is 0.429 e. The van der Waals surface area contributed by atoms with Gasteiger partial charge >= 0.3 is 6.11 Å². The number of hydrogen-bond donors (Lipinski definition) is 0. The smallest absolute Gasteiger partial charge is 0.426 e. The number of benzene rings is 2. The number of alkyl halides is 2. The fraction of sp³-hybridized carbons (Fsp3) is 0.538. The van der Waals surface area contributed by atoms with Crippen LogP contribution < -0.4 is 4.74 Å². The van der Waals surface area contributed by atoms with E-state index in [4.69, 9.17) is 0 Å².